The summed E-state index contributed by atoms with van der Waals surface area (Å²) in [7, 11) is 4.72. The number of para-hydroxylation sites is 2. The van der Waals surface area contributed by atoms with Crippen LogP contribution >= 0.6 is 11.6 Å². The second-order valence-electron chi connectivity index (χ2n) is 12.8. The van der Waals surface area contributed by atoms with Crippen LogP contribution < -0.4 is 29.3 Å². The van der Waals surface area contributed by atoms with Crippen LogP contribution in [0, 0.1) is 5.41 Å². The number of methoxy groups -OCH3 is 3. The molecular formula is C36H41ClN4O5. The Morgan fingerprint density at radius 3 is 2.26 bits per heavy atom. The molecular weight excluding hydrogens is 604 g/mol. The van der Waals surface area contributed by atoms with Crippen molar-refractivity contribution in [2.45, 2.75) is 32.7 Å². The maximum atomic E-state index is 14.2. The fourth-order valence-electron chi connectivity index (χ4n) is 6.97. The van der Waals surface area contributed by atoms with Gasteiger partial charge in [-0.05, 0) is 59.9 Å². The van der Waals surface area contributed by atoms with E-state index in [0.29, 0.717) is 66.9 Å². The predicted molar refractivity (Wildman–Crippen MR) is 182 cm³/mol. The molecule has 0 spiro atoms. The highest BCUT2D eigenvalue weighted by Crippen LogP contribution is 2.50. The van der Waals surface area contributed by atoms with Crippen LogP contribution in [0.5, 0.6) is 17.2 Å². The molecule has 1 aliphatic carbocycles. The number of Topliss-reactive ketones (excluding diaryl/α,β-unsaturated/α-hetero) is 1. The summed E-state index contributed by atoms with van der Waals surface area (Å²) in [5, 5.41) is 4.32. The molecule has 46 heavy (non-hydrogen) atoms. The third-order valence-corrected chi connectivity index (χ3v) is 9.35. The van der Waals surface area contributed by atoms with E-state index in [4.69, 9.17) is 25.8 Å². The first kappa shape index (κ1) is 31.6. The molecule has 242 valence electrons. The molecule has 3 aromatic rings. The van der Waals surface area contributed by atoms with E-state index in [1.807, 2.05) is 65.6 Å². The van der Waals surface area contributed by atoms with Crippen LogP contribution in [0.4, 0.5) is 17.1 Å². The standard InChI is InChI=1S/C36H41ClN4O5/c1-36(2)20-27-33(29(42)21-36)34(23-17-30(44-3)35(46-5)31(18-23)45-4)41(28-12-7-6-11-26(28)38-27)22-32(43)40-15-13-39(14-16-40)25-10-8-9-24(37)19-25/h6-12,17-19,34,38H,13-16,20-22H2,1-5H3. The molecule has 1 saturated heterocycles. The number of benzene rings is 3. The summed E-state index contributed by atoms with van der Waals surface area (Å²) in [4.78, 5) is 34.6. The second kappa shape index (κ2) is 12.8. The first-order valence-electron chi connectivity index (χ1n) is 15.6. The summed E-state index contributed by atoms with van der Waals surface area (Å²) in [5.41, 5.74) is 4.83. The average molecular weight is 645 g/mol. The maximum Gasteiger partial charge on any atom is 0.242 e. The molecule has 3 aliphatic rings. The van der Waals surface area contributed by atoms with Crippen molar-refractivity contribution in [3.8, 4) is 17.2 Å². The quantitative estimate of drug-likeness (QED) is 0.320. The highest BCUT2D eigenvalue weighted by atomic mass is 35.5. The molecule has 2 aliphatic heterocycles. The number of ketones is 1. The minimum Gasteiger partial charge on any atom is -0.493 e. The number of nitrogens with one attached hydrogen (secondary N) is 1. The van der Waals surface area contributed by atoms with Crippen LogP contribution in [0.3, 0.4) is 0 Å². The van der Waals surface area contributed by atoms with Gasteiger partial charge in [0.25, 0.3) is 0 Å². The summed E-state index contributed by atoms with van der Waals surface area (Å²) in [6.45, 7) is 6.86. The Hall–Kier alpha value is -4.37. The summed E-state index contributed by atoms with van der Waals surface area (Å²) >= 11 is 6.25. The fraction of sp³-hybridized carbons (Fsp3) is 0.389. The van der Waals surface area contributed by atoms with E-state index < -0.39 is 6.04 Å². The molecule has 1 fully saturated rings. The third kappa shape index (κ3) is 6.08. The van der Waals surface area contributed by atoms with Gasteiger partial charge in [0.15, 0.2) is 17.3 Å². The van der Waals surface area contributed by atoms with E-state index in [1.165, 1.54) is 0 Å². The molecule has 0 saturated carbocycles. The number of allylic oxidation sites excluding steroid dienone is 1. The average Bonchev–Trinajstić information content (AvgIpc) is 3.17. The van der Waals surface area contributed by atoms with E-state index in [1.54, 1.807) is 21.3 Å². The van der Waals surface area contributed by atoms with Crippen molar-refractivity contribution < 1.29 is 23.8 Å². The van der Waals surface area contributed by atoms with Gasteiger partial charge < -0.3 is 34.2 Å². The van der Waals surface area contributed by atoms with Gasteiger partial charge in [-0.25, -0.2) is 0 Å². The smallest absolute Gasteiger partial charge is 0.242 e. The normalized spacial score (nSPS) is 19.1. The van der Waals surface area contributed by atoms with E-state index >= 15 is 0 Å². The van der Waals surface area contributed by atoms with Gasteiger partial charge in [-0.2, -0.15) is 0 Å². The first-order chi connectivity index (χ1) is 22.1. The molecule has 0 bridgehead atoms. The number of hydrogen-bond acceptors (Lipinski definition) is 8. The van der Waals surface area contributed by atoms with Crippen LogP contribution in [0.15, 0.2) is 71.9 Å². The van der Waals surface area contributed by atoms with Crippen molar-refractivity contribution in [1.29, 1.82) is 0 Å². The van der Waals surface area contributed by atoms with E-state index in [2.05, 4.69) is 29.0 Å². The number of piperazine rings is 1. The monoisotopic (exact) mass is 644 g/mol. The van der Waals surface area contributed by atoms with E-state index in [9.17, 15) is 9.59 Å². The van der Waals surface area contributed by atoms with Crippen molar-refractivity contribution in [1.82, 2.24) is 4.90 Å². The van der Waals surface area contributed by atoms with Crippen molar-refractivity contribution in [2.24, 2.45) is 5.41 Å². The summed E-state index contributed by atoms with van der Waals surface area (Å²) in [5.74, 6) is 1.47. The summed E-state index contributed by atoms with van der Waals surface area (Å²) in [6.07, 6.45) is 1.09. The lowest BCUT2D eigenvalue weighted by molar-refractivity contribution is -0.130. The minimum absolute atomic E-state index is 0.00868. The number of carbonyl (C=O) groups is 2. The molecule has 0 radical (unpaired) electrons. The number of anilines is 3. The van der Waals surface area contributed by atoms with Gasteiger partial charge in [-0.1, -0.05) is 43.6 Å². The molecule has 9 nitrogen and oxygen atoms in total. The Morgan fingerprint density at radius 2 is 1.61 bits per heavy atom. The predicted octanol–water partition coefficient (Wildman–Crippen LogP) is 6.33. The zero-order valence-electron chi connectivity index (χ0n) is 27.1. The highest BCUT2D eigenvalue weighted by molar-refractivity contribution is 6.30. The lowest BCUT2D eigenvalue weighted by Crippen LogP contribution is -2.52. The summed E-state index contributed by atoms with van der Waals surface area (Å²) < 4.78 is 17.1. The molecule has 10 heteroatoms. The van der Waals surface area contributed by atoms with Crippen LogP contribution in [0.25, 0.3) is 0 Å². The first-order valence-corrected chi connectivity index (χ1v) is 16.0. The number of rotatable bonds is 7. The number of carbonyl (C=O) groups excluding carboxylic acids is 2. The van der Waals surface area contributed by atoms with E-state index in [-0.39, 0.29) is 23.7 Å². The minimum atomic E-state index is -0.583. The largest absolute Gasteiger partial charge is 0.493 e. The molecule has 3 aromatic carbocycles. The Labute approximate surface area is 275 Å². The number of hydrogen-bond donors (Lipinski definition) is 1. The van der Waals surface area contributed by atoms with Crippen molar-refractivity contribution in [2.75, 3.05) is 69.2 Å². The fourth-order valence-corrected chi connectivity index (χ4v) is 7.15. The van der Waals surface area contributed by atoms with Crippen LogP contribution in [0.2, 0.25) is 5.02 Å². The van der Waals surface area contributed by atoms with Crippen LogP contribution in [-0.2, 0) is 9.59 Å². The molecule has 0 aromatic heterocycles. The van der Waals surface area contributed by atoms with Crippen molar-refractivity contribution in [3.63, 3.8) is 0 Å². The number of fused-ring (bicyclic) bond motifs is 1. The van der Waals surface area contributed by atoms with Gasteiger partial charge in [0.05, 0.1) is 45.3 Å². The van der Waals surface area contributed by atoms with Crippen molar-refractivity contribution in [3.05, 3.63) is 82.5 Å². The van der Waals surface area contributed by atoms with Gasteiger partial charge in [0.2, 0.25) is 11.7 Å². The number of nitrogens with zero attached hydrogens (tertiary/aromatic N) is 3. The molecule has 1 atom stereocenters. The van der Waals surface area contributed by atoms with Gasteiger partial charge in [-0.3, -0.25) is 9.59 Å². The Morgan fingerprint density at radius 1 is 0.913 bits per heavy atom. The molecule has 1 unspecified atom stereocenters. The van der Waals surface area contributed by atoms with Gasteiger partial charge in [0.1, 0.15) is 0 Å². The van der Waals surface area contributed by atoms with Gasteiger partial charge in [-0.15, -0.1) is 0 Å². The second-order valence-corrected chi connectivity index (χ2v) is 13.2. The lowest BCUT2D eigenvalue weighted by Gasteiger charge is -2.40. The molecule has 1 N–H and O–H groups in total. The van der Waals surface area contributed by atoms with Gasteiger partial charge in [0, 0.05) is 54.6 Å². The lowest BCUT2D eigenvalue weighted by atomic mass is 9.73. The zero-order chi connectivity index (χ0) is 32.6. The molecule has 1 amide bonds. The van der Waals surface area contributed by atoms with E-state index in [0.717, 1.165) is 28.3 Å². The molecule has 6 rings (SSSR count). The summed E-state index contributed by atoms with van der Waals surface area (Å²) in [6, 6.07) is 18.9. The zero-order valence-corrected chi connectivity index (χ0v) is 27.8. The number of ether oxygens (including phenoxy) is 3. The number of amides is 1. The molecule has 2 heterocycles. The third-order valence-electron chi connectivity index (χ3n) is 9.12. The van der Waals surface area contributed by atoms with Crippen molar-refractivity contribution >= 4 is 40.4 Å². The Kier molecular flexibility index (Phi) is 8.79. The topological polar surface area (TPSA) is 83.6 Å². The Bertz CT molecular complexity index is 1660. The maximum absolute atomic E-state index is 14.2. The highest BCUT2D eigenvalue weighted by Gasteiger charge is 2.43. The van der Waals surface area contributed by atoms with Gasteiger partial charge >= 0.3 is 0 Å². The van der Waals surface area contributed by atoms with Crippen LogP contribution in [0.1, 0.15) is 38.3 Å². The SMILES string of the molecule is COc1cc(C2C3=C(CC(C)(C)CC3=O)Nc3ccccc3N2CC(=O)N2CCN(c3cccc(Cl)c3)CC2)cc(OC)c1OC. The van der Waals surface area contributed by atoms with Crippen LogP contribution in [-0.4, -0.2) is 70.6 Å². The number of halogens is 1. The Balaban J connectivity index is 1.41.